The Morgan fingerprint density at radius 2 is 1.62 bits per heavy atom. The Hall–Kier alpha value is -2.04. The van der Waals surface area contributed by atoms with Crippen LogP contribution in [0.4, 0.5) is 0 Å². The first-order valence-electron chi connectivity index (χ1n) is 10.0. The second kappa shape index (κ2) is 9.06. The fourth-order valence-corrected chi connectivity index (χ4v) is 4.19. The van der Waals surface area contributed by atoms with Crippen LogP contribution in [0.3, 0.4) is 0 Å². The highest BCUT2D eigenvalue weighted by Crippen LogP contribution is 2.27. The van der Waals surface area contributed by atoms with Gasteiger partial charge in [-0.1, -0.05) is 38.2 Å². The summed E-state index contributed by atoms with van der Waals surface area (Å²) >= 11 is 0. The molecule has 0 aliphatic heterocycles. The molecule has 1 aromatic rings. The van der Waals surface area contributed by atoms with E-state index in [0.717, 1.165) is 25.7 Å². The molecule has 0 bridgehead atoms. The predicted molar refractivity (Wildman–Crippen MR) is 101 cm³/mol. The van der Waals surface area contributed by atoms with Crippen LogP contribution in [0.15, 0.2) is 24.3 Å². The van der Waals surface area contributed by atoms with Gasteiger partial charge in [0.05, 0.1) is 0 Å². The molecule has 2 aliphatic carbocycles. The van der Waals surface area contributed by atoms with Crippen LogP contribution >= 0.6 is 0 Å². The van der Waals surface area contributed by atoms with Gasteiger partial charge >= 0.3 is 0 Å². The molecule has 2 saturated carbocycles. The SMILES string of the molecule is O=C(N[C@@H]1CC[C@H](C(=O)NC2CCCCCCC2)C1)c1cccc(O)c1. The molecule has 2 fully saturated rings. The molecule has 0 spiro atoms. The number of nitrogens with one attached hydrogen (secondary N) is 2. The standard InChI is InChI=1S/C21H30N2O3/c24-19-10-6-7-15(14-19)20(25)23-18-12-11-16(13-18)21(26)22-17-8-4-2-1-3-5-9-17/h6-7,10,14,16-18,24H,1-5,8-9,11-13H2,(H,22,26)(H,23,25)/t16-,18+/m0/s1. The molecule has 3 rings (SSSR count). The first kappa shape index (κ1) is 18.7. The third kappa shape index (κ3) is 5.23. The van der Waals surface area contributed by atoms with Crippen LogP contribution < -0.4 is 10.6 Å². The van der Waals surface area contributed by atoms with Gasteiger partial charge in [0.25, 0.3) is 5.91 Å². The van der Waals surface area contributed by atoms with Crippen LogP contribution in [0.1, 0.15) is 74.6 Å². The Morgan fingerprint density at radius 3 is 2.35 bits per heavy atom. The number of carbonyl (C=O) groups excluding carboxylic acids is 2. The van der Waals surface area contributed by atoms with Gasteiger partial charge in [-0.3, -0.25) is 9.59 Å². The van der Waals surface area contributed by atoms with Gasteiger partial charge in [-0.15, -0.1) is 0 Å². The van der Waals surface area contributed by atoms with Crippen molar-refractivity contribution in [2.24, 2.45) is 5.92 Å². The second-order valence-corrected chi connectivity index (χ2v) is 7.78. The van der Waals surface area contributed by atoms with Gasteiger partial charge in [0.2, 0.25) is 5.91 Å². The number of phenols is 1. The summed E-state index contributed by atoms with van der Waals surface area (Å²) in [5, 5.41) is 15.8. The smallest absolute Gasteiger partial charge is 0.251 e. The number of benzene rings is 1. The Kier molecular flexibility index (Phi) is 6.53. The van der Waals surface area contributed by atoms with E-state index < -0.39 is 0 Å². The van der Waals surface area contributed by atoms with Crippen molar-refractivity contribution in [2.75, 3.05) is 0 Å². The summed E-state index contributed by atoms with van der Waals surface area (Å²) in [5.41, 5.74) is 0.451. The summed E-state index contributed by atoms with van der Waals surface area (Å²) in [5.74, 6) is 0.0482. The van der Waals surface area contributed by atoms with E-state index in [1.165, 1.54) is 38.2 Å². The molecule has 2 aliphatic rings. The lowest BCUT2D eigenvalue weighted by molar-refractivity contribution is -0.125. The molecule has 0 aromatic heterocycles. The number of hydrogen-bond acceptors (Lipinski definition) is 3. The quantitative estimate of drug-likeness (QED) is 0.770. The highest BCUT2D eigenvalue weighted by Gasteiger charge is 2.31. The van der Waals surface area contributed by atoms with Crippen molar-refractivity contribution in [1.82, 2.24) is 10.6 Å². The largest absolute Gasteiger partial charge is 0.508 e. The molecule has 5 heteroatoms. The summed E-state index contributed by atoms with van der Waals surface area (Å²) in [6.07, 6.45) is 10.8. The van der Waals surface area contributed by atoms with E-state index in [2.05, 4.69) is 10.6 Å². The van der Waals surface area contributed by atoms with Gasteiger partial charge in [0.15, 0.2) is 0 Å². The summed E-state index contributed by atoms with van der Waals surface area (Å²) in [4.78, 5) is 24.9. The lowest BCUT2D eigenvalue weighted by atomic mass is 9.96. The molecule has 26 heavy (non-hydrogen) atoms. The van der Waals surface area contributed by atoms with Gasteiger partial charge in [-0.05, 0) is 50.3 Å². The minimum absolute atomic E-state index is 0.00471. The zero-order valence-corrected chi connectivity index (χ0v) is 15.4. The molecule has 0 saturated heterocycles. The Morgan fingerprint density at radius 1 is 0.885 bits per heavy atom. The van der Waals surface area contributed by atoms with Crippen LogP contribution in [-0.4, -0.2) is 29.0 Å². The van der Waals surface area contributed by atoms with Crippen molar-refractivity contribution < 1.29 is 14.7 Å². The first-order chi connectivity index (χ1) is 12.6. The van der Waals surface area contributed by atoms with E-state index in [1.807, 2.05) is 0 Å². The van der Waals surface area contributed by atoms with E-state index in [0.29, 0.717) is 18.0 Å². The third-order valence-electron chi connectivity index (χ3n) is 5.70. The minimum Gasteiger partial charge on any atom is -0.508 e. The third-order valence-corrected chi connectivity index (χ3v) is 5.70. The maximum absolute atomic E-state index is 12.6. The average molecular weight is 358 g/mol. The number of aromatic hydroxyl groups is 1. The Labute approximate surface area is 155 Å². The number of hydrogen-bond donors (Lipinski definition) is 3. The molecule has 0 radical (unpaired) electrons. The number of carbonyl (C=O) groups is 2. The normalized spacial score (nSPS) is 24.5. The molecule has 1 aromatic carbocycles. The van der Waals surface area contributed by atoms with Crippen molar-refractivity contribution in [2.45, 2.75) is 76.3 Å². The molecule has 3 N–H and O–H groups in total. The summed E-state index contributed by atoms with van der Waals surface area (Å²) < 4.78 is 0. The Balaban J connectivity index is 1.46. The number of rotatable bonds is 4. The maximum Gasteiger partial charge on any atom is 0.251 e. The lowest BCUT2D eigenvalue weighted by Gasteiger charge is -2.23. The predicted octanol–water partition coefficient (Wildman–Crippen LogP) is 3.52. The van der Waals surface area contributed by atoms with E-state index in [1.54, 1.807) is 18.2 Å². The monoisotopic (exact) mass is 358 g/mol. The zero-order chi connectivity index (χ0) is 18.4. The first-order valence-corrected chi connectivity index (χ1v) is 10.0. The van der Waals surface area contributed by atoms with Crippen molar-refractivity contribution in [3.63, 3.8) is 0 Å². The van der Waals surface area contributed by atoms with Crippen LogP contribution in [0.5, 0.6) is 5.75 Å². The number of phenolic OH excluding ortho intramolecular Hbond substituents is 1. The summed E-state index contributed by atoms with van der Waals surface area (Å²) in [7, 11) is 0. The topological polar surface area (TPSA) is 78.4 Å². The van der Waals surface area contributed by atoms with Crippen molar-refractivity contribution in [3.8, 4) is 5.75 Å². The van der Waals surface area contributed by atoms with Crippen LogP contribution in [-0.2, 0) is 4.79 Å². The zero-order valence-electron chi connectivity index (χ0n) is 15.4. The van der Waals surface area contributed by atoms with Gasteiger partial charge < -0.3 is 15.7 Å². The highest BCUT2D eigenvalue weighted by molar-refractivity contribution is 5.94. The molecular formula is C21H30N2O3. The molecule has 2 atom stereocenters. The van der Waals surface area contributed by atoms with E-state index in [4.69, 9.17) is 0 Å². The van der Waals surface area contributed by atoms with Crippen LogP contribution in [0.25, 0.3) is 0 Å². The molecule has 2 amide bonds. The van der Waals surface area contributed by atoms with Gasteiger partial charge in [0, 0.05) is 23.6 Å². The number of amides is 2. The van der Waals surface area contributed by atoms with E-state index >= 15 is 0 Å². The average Bonchev–Trinajstić information content (AvgIpc) is 3.05. The highest BCUT2D eigenvalue weighted by atomic mass is 16.3. The molecular weight excluding hydrogens is 328 g/mol. The summed E-state index contributed by atoms with van der Waals surface area (Å²) in [6, 6.07) is 6.69. The molecule has 142 valence electrons. The van der Waals surface area contributed by atoms with E-state index in [9.17, 15) is 14.7 Å². The molecule has 0 unspecified atom stereocenters. The van der Waals surface area contributed by atoms with E-state index in [-0.39, 0.29) is 29.5 Å². The molecule has 5 nitrogen and oxygen atoms in total. The molecule has 0 heterocycles. The fourth-order valence-electron chi connectivity index (χ4n) is 4.19. The van der Waals surface area contributed by atoms with Crippen molar-refractivity contribution >= 4 is 11.8 Å². The minimum atomic E-state index is -0.188. The summed E-state index contributed by atoms with van der Waals surface area (Å²) in [6.45, 7) is 0. The van der Waals surface area contributed by atoms with Gasteiger partial charge in [-0.2, -0.15) is 0 Å². The van der Waals surface area contributed by atoms with Crippen LogP contribution in [0.2, 0.25) is 0 Å². The Bertz CT molecular complexity index is 623. The van der Waals surface area contributed by atoms with Gasteiger partial charge in [-0.25, -0.2) is 0 Å². The van der Waals surface area contributed by atoms with Crippen LogP contribution in [0, 0.1) is 5.92 Å². The lowest BCUT2D eigenvalue weighted by Crippen LogP contribution is -2.39. The second-order valence-electron chi connectivity index (χ2n) is 7.78. The van der Waals surface area contributed by atoms with Crippen molar-refractivity contribution in [3.05, 3.63) is 29.8 Å². The maximum atomic E-state index is 12.6. The fraction of sp³-hybridized carbons (Fsp3) is 0.619. The van der Waals surface area contributed by atoms with Crippen molar-refractivity contribution in [1.29, 1.82) is 0 Å². The van der Waals surface area contributed by atoms with Gasteiger partial charge in [0.1, 0.15) is 5.75 Å².